The van der Waals surface area contributed by atoms with Gasteiger partial charge in [-0.2, -0.15) is 0 Å². The fourth-order valence-corrected chi connectivity index (χ4v) is 2.96. The average Bonchev–Trinajstić information content (AvgIpc) is 2.44. The zero-order chi connectivity index (χ0) is 14.5. The summed E-state index contributed by atoms with van der Waals surface area (Å²) in [6, 6.07) is 7.97. The third kappa shape index (κ3) is 3.99. The van der Waals surface area contributed by atoms with Crippen LogP contribution in [-0.4, -0.2) is 30.5 Å². The fourth-order valence-electron chi connectivity index (χ4n) is 2.96. The Hall–Kier alpha value is -1.51. The smallest absolute Gasteiger partial charge is 0.260 e. The van der Waals surface area contributed by atoms with E-state index >= 15 is 0 Å². The molecule has 1 fully saturated rings. The molecule has 3 nitrogen and oxygen atoms in total. The molecule has 0 spiro atoms. The van der Waals surface area contributed by atoms with Crippen LogP contribution in [-0.2, 0) is 11.2 Å². The highest BCUT2D eigenvalue weighted by atomic mass is 16.5. The Kier molecular flexibility index (Phi) is 5.05. The van der Waals surface area contributed by atoms with E-state index < -0.39 is 0 Å². The van der Waals surface area contributed by atoms with Crippen molar-refractivity contribution in [1.82, 2.24) is 4.90 Å². The van der Waals surface area contributed by atoms with Crippen LogP contribution in [0.4, 0.5) is 0 Å². The molecule has 1 aliphatic rings. The molecule has 0 aliphatic carbocycles. The zero-order valence-electron chi connectivity index (χ0n) is 12.8. The quantitative estimate of drug-likeness (QED) is 0.845. The lowest BCUT2D eigenvalue weighted by molar-refractivity contribution is -0.136. The number of nitrogens with zero attached hydrogens (tertiary/aromatic N) is 1. The van der Waals surface area contributed by atoms with E-state index in [0.717, 1.165) is 25.3 Å². The van der Waals surface area contributed by atoms with Crippen molar-refractivity contribution in [3.8, 4) is 5.75 Å². The second-order valence-corrected chi connectivity index (χ2v) is 6.03. The minimum Gasteiger partial charge on any atom is -0.484 e. The van der Waals surface area contributed by atoms with Crippen LogP contribution < -0.4 is 4.74 Å². The Morgan fingerprint density at radius 1 is 1.30 bits per heavy atom. The van der Waals surface area contributed by atoms with Gasteiger partial charge >= 0.3 is 0 Å². The van der Waals surface area contributed by atoms with E-state index in [-0.39, 0.29) is 12.5 Å². The minimum atomic E-state index is 0.102. The van der Waals surface area contributed by atoms with E-state index in [4.69, 9.17) is 4.74 Å². The molecule has 2 atom stereocenters. The van der Waals surface area contributed by atoms with Crippen LogP contribution in [0.2, 0.25) is 0 Å². The van der Waals surface area contributed by atoms with E-state index in [1.54, 1.807) is 0 Å². The minimum absolute atomic E-state index is 0.102. The van der Waals surface area contributed by atoms with Gasteiger partial charge in [-0.05, 0) is 42.4 Å². The molecule has 1 aromatic carbocycles. The molecule has 110 valence electrons. The summed E-state index contributed by atoms with van der Waals surface area (Å²) in [6.07, 6.45) is 2.19. The highest BCUT2D eigenvalue weighted by Crippen LogP contribution is 2.21. The molecule has 0 bridgehead atoms. The van der Waals surface area contributed by atoms with E-state index in [2.05, 4.69) is 26.8 Å². The first-order chi connectivity index (χ1) is 9.58. The Bertz CT molecular complexity index is 448. The van der Waals surface area contributed by atoms with Gasteiger partial charge in [0.25, 0.3) is 5.91 Å². The van der Waals surface area contributed by atoms with E-state index in [1.807, 2.05) is 23.1 Å². The summed E-state index contributed by atoms with van der Waals surface area (Å²) in [5.74, 6) is 2.07. The normalized spacial score (nSPS) is 22.6. The number of rotatable bonds is 4. The summed E-state index contributed by atoms with van der Waals surface area (Å²) in [4.78, 5) is 14.2. The monoisotopic (exact) mass is 275 g/mol. The Morgan fingerprint density at radius 2 is 2.00 bits per heavy atom. The molecule has 20 heavy (non-hydrogen) atoms. The van der Waals surface area contributed by atoms with Gasteiger partial charge in [-0.3, -0.25) is 4.79 Å². The van der Waals surface area contributed by atoms with Gasteiger partial charge in [-0.25, -0.2) is 0 Å². The lowest BCUT2D eigenvalue weighted by atomic mass is 9.92. The van der Waals surface area contributed by atoms with Crippen molar-refractivity contribution in [3.05, 3.63) is 29.8 Å². The lowest BCUT2D eigenvalue weighted by Crippen LogP contribution is -2.44. The highest BCUT2D eigenvalue weighted by Gasteiger charge is 2.25. The molecule has 1 aromatic rings. The summed E-state index contributed by atoms with van der Waals surface area (Å²) in [5.41, 5.74) is 1.23. The second kappa shape index (κ2) is 6.78. The second-order valence-electron chi connectivity index (χ2n) is 6.03. The molecule has 0 saturated carbocycles. The van der Waals surface area contributed by atoms with Crippen molar-refractivity contribution < 1.29 is 9.53 Å². The van der Waals surface area contributed by atoms with Crippen LogP contribution in [0.1, 0.15) is 32.8 Å². The van der Waals surface area contributed by atoms with Crippen molar-refractivity contribution in [3.63, 3.8) is 0 Å². The molecule has 0 aromatic heterocycles. The molecule has 0 N–H and O–H groups in total. The van der Waals surface area contributed by atoms with Crippen molar-refractivity contribution in [1.29, 1.82) is 0 Å². The molecule has 0 radical (unpaired) electrons. The van der Waals surface area contributed by atoms with Crippen LogP contribution in [0.5, 0.6) is 5.75 Å². The molecule has 3 heteroatoms. The fraction of sp³-hybridized carbons (Fsp3) is 0.588. The number of benzene rings is 1. The molecule has 1 aliphatic heterocycles. The summed E-state index contributed by atoms with van der Waals surface area (Å²) < 4.78 is 5.64. The number of hydrogen-bond donors (Lipinski definition) is 0. The van der Waals surface area contributed by atoms with Gasteiger partial charge in [-0.15, -0.1) is 0 Å². The summed E-state index contributed by atoms with van der Waals surface area (Å²) in [7, 11) is 0. The molecule has 2 unspecified atom stereocenters. The van der Waals surface area contributed by atoms with Gasteiger partial charge in [-0.1, -0.05) is 32.9 Å². The van der Waals surface area contributed by atoms with Gasteiger partial charge in [0.1, 0.15) is 5.75 Å². The molecule has 1 heterocycles. The SMILES string of the molecule is CCc1cccc(OCC(=O)N2CC(C)CC(C)C2)c1. The first-order valence-electron chi connectivity index (χ1n) is 7.58. The number of carbonyl (C=O) groups excluding carboxylic acids is 1. The number of aryl methyl sites for hydroxylation is 1. The van der Waals surface area contributed by atoms with Crippen LogP contribution in [0.15, 0.2) is 24.3 Å². The number of amides is 1. The topological polar surface area (TPSA) is 29.5 Å². The first kappa shape index (κ1) is 14.9. The molecule has 2 rings (SSSR count). The number of ether oxygens (including phenoxy) is 1. The highest BCUT2D eigenvalue weighted by molar-refractivity contribution is 5.77. The number of piperidine rings is 1. The van der Waals surface area contributed by atoms with Crippen LogP contribution in [0.25, 0.3) is 0 Å². The maximum absolute atomic E-state index is 12.2. The number of carbonyl (C=O) groups is 1. The van der Waals surface area contributed by atoms with Crippen LogP contribution >= 0.6 is 0 Å². The van der Waals surface area contributed by atoms with E-state index in [1.165, 1.54) is 12.0 Å². The van der Waals surface area contributed by atoms with Crippen LogP contribution in [0, 0.1) is 11.8 Å². The number of likely N-dealkylation sites (tertiary alicyclic amines) is 1. The van der Waals surface area contributed by atoms with Gasteiger partial charge < -0.3 is 9.64 Å². The van der Waals surface area contributed by atoms with E-state index in [9.17, 15) is 4.79 Å². The molecule has 1 saturated heterocycles. The largest absolute Gasteiger partial charge is 0.484 e. The lowest BCUT2D eigenvalue weighted by Gasteiger charge is -2.34. The maximum atomic E-state index is 12.2. The van der Waals surface area contributed by atoms with Crippen LogP contribution in [0.3, 0.4) is 0 Å². The zero-order valence-corrected chi connectivity index (χ0v) is 12.8. The molecular formula is C17H25NO2. The van der Waals surface area contributed by atoms with E-state index in [0.29, 0.717) is 11.8 Å². The van der Waals surface area contributed by atoms with Crippen molar-refractivity contribution in [2.45, 2.75) is 33.6 Å². The maximum Gasteiger partial charge on any atom is 0.260 e. The summed E-state index contributed by atoms with van der Waals surface area (Å²) >= 11 is 0. The Labute approximate surface area is 121 Å². The van der Waals surface area contributed by atoms with Gasteiger partial charge in [0.15, 0.2) is 6.61 Å². The Morgan fingerprint density at radius 3 is 2.65 bits per heavy atom. The summed E-state index contributed by atoms with van der Waals surface area (Å²) in [5, 5.41) is 0. The predicted octanol–water partition coefficient (Wildman–Crippen LogP) is 3.13. The standard InChI is InChI=1S/C17H25NO2/c1-4-15-6-5-7-16(9-15)20-12-17(19)18-10-13(2)8-14(3)11-18/h5-7,9,13-14H,4,8,10-12H2,1-3H3. The molecule has 1 amide bonds. The van der Waals surface area contributed by atoms with Gasteiger partial charge in [0.05, 0.1) is 0 Å². The van der Waals surface area contributed by atoms with Gasteiger partial charge in [0.2, 0.25) is 0 Å². The van der Waals surface area contributed by atoms with Gasteiger partial charge in [0, 0.05) is 13.1 Å². The average molecular weight is 275 g/mol. The summed E-state index contributed by atoms with van der Waals surface area (Å²) in [6.45, 7) is 8.40. The molecular weight excluding hydrogens is 250 g/mol. The third-order valence-corrected chi connectivity index (χ3v) is 3.89. The number of hydrogen-bond acceptors (Lipinski definition) is 2. The van der Waals surface area contributed by atoms with Crippen molar-refractivity contribution in [2.75, 3.05) is 19.7 Å². The third-order valence-electron chi connectivity index (χ3n) is 3.89. The first-order valence-corrected chi connectivity index (χ1v) is 7.58. The van der Waals surface area contributed by atoms with Crippen molar-refractivity contribution >= 4 is 5.91 Å². The van der Waals surface area contributed by atoms with Crippen molar-refractivity contribution in [2.24, 2.45) is 11.8 Å². The predicted molar refractivity (Wildman–Crippen MR) is 80.8 cm³/mol. The Balaban J connectivity index is 1.88.